The highest BCUT2D eigenvalue weighted by Gasteiger charge is 2.51. The number of rotatable bonds is 3. The number of halogens is 1. The van der Waals surface area contributed by atoms with Crippen LogP contribution in [-0.4, -0.2) is 25.3 Å². The molecule has 3 atom stereocenters. The molecule has 0 aromatic heterocycles. The predicted molar refractivity (Wildman–Crippen MR) is 108 cm³/mol. The maximum Gasteiger partial charge on any atom is 0.314 e. The molecule has 2 bridgehead atoms. The average molecular weight is 394 g/mol. The number of ether oxygens (including phenoxy) is 2. The van der Waals surface area contributed by atoms with Crippen molar-refractivity contribution < 1.29 is 14.3 Å². The summed E-state index contributed by atoms with van der Waals surface area (Å²) in [6.07, 6.45) is 7.68. The molecule has 1 N–H and O–H groups in total. The lowest BCUT2D eigenvalue weighted by Crippen LogP contribution is -2.59. The van der Waals surface area contributed by atoms with Crippen molar-refractivity contribution in [3.63, 3.8) is 0 Å². The summed E-state index contributed by atoms with van der Waals surface area (Å²) in [5.41, 5.74) is 2.79. The van der Waals surface area contributed by atoms with E-state index in [9.17, 15) is 4.79 Å². The molecule has 5 heteroatoms. The van der Waals surface area contributed by atoms with E-state index in [2.05, 4.69) is 17.4 Å². The van der Waals surface area contributed by atoms with E-state index in [4.69, 9.17) is 9.47 Å². The van der Waals surface area contributed by atoms with Crippen molar-refractivity contribution in [2.24, 2.45) is 11.3 Å². The Hall–Kier alpha value is -1.26. The molecule has 1 saturated carbocycles. The Bertz CT molecular complexity index is 695. The summed E-state index contributed by atoms with van der Waals surface area (Å²) in [5, 5.41) is 3.77. The maximum absolute atomic E-state index is 11.9. The van der Waals surface area contributed by atoms with Gasteiger partial charge in [-0.1, -0.05) is 18.9 Å². The molecule has 3 aliphatic rings. The van der Waals surface area contributed by atoms with Gasteiger partial charge in [-0.05, 0) is 82.2 Å². The first kappa shape index (κ1) is 20.5. The Balaban J connectivity index is 0.00000210. The number of nitrogens with one attached hydrogen (secondary N) is 1. The summed E-state index contributed by atoms with van der Waals surface area (Å²) in [4.78, 5) is 11.9. The van der Waals surface area contributed by atoms with E-state index < -0.39 is 5.41 Å². The molecule has 4 rings (SSSR count). The van der Waals surface area contributed by atoms with E-state index in [1.54, 1.807) is 0 Å². The van der Waals surface area contributed by atoms with Gasteiger partial charge in [0.1, 0.15) is 5.75 Å². The zero-order valence-electron chi connectivity index (χ0n) is 16.7. The Kier molecular flexibility index (Phi) is 5.79. The number of fused-ring (bicyclic) bond motifs is 1. The summed E-state index contributed by atoms with van der Waals surface area (Å²) < 4.78 is 11.1. The van der Waals surface area contributed by atoms with Crippen molar-refractivity contribution in [3.05, 3.63) is 29.3 Å². The number of carbonyl (C=O) groups excluding carboxylic acids is 1. The molecule has 150 valence electrons. The van der Waals surface area contributed by atoms with Gasteiger partial charge < -0.3 is 14.8 Å². The molecule has 4 nitrogen and oxygen atoms in total. The SMILES string of the molecule is CC(C)(C)C(=O)OCOc1ccc2c(c1)[C@]13CCCC[C@@H]1[C@@H](C2)NCC3.Cl. The second kappa shape index (κ2) is 7.63. The second-order valence-electron chi connectivity index (χ2n) is 9.29. The van der Waals surface area contributed by atoms with Crippen LogP contribution in [0.3, 0.4) is 0 Å². The first-order valence-electron chi connectivity index (χ1n) is 10.1. The van der Waals surface area contributed by atoms with Crippen LogP contribution in [0.2, 0.25) is 0 Å². The molecule has 1 aromatic carbocycles. The highest BCUT2D eigenvalue weighted by atomic mass is 35.5. The minimum Gasteiger partial charge on any atom is -0.457 e. The minimum atomic E-state index is -0.502. The summed E-state index contributed by atoms with van der Waals surface area (Å²) in [5.74, 6) is 1.34. The Labute approximate surface area is 168 Å². The van der Waals surface area contributed by atoms with Crippen molar-refractivity contribution in [1.29, 1.82) is 0 Å². The fraction of sp³-hybridized carbons (Fsp3) is 0.682. The van der Waals surface area contributed by atoms with Gasteiger partial charge in [0.2, 0.25) is 6.79 Å². The lowest BCUT2D eigenvalue weighted by Gasteiger charge is -2.56. The first-order valence-corrected chi connectivity index (χ1v) is 10.1. The quantitative estimate of drug-likeness (QED) is 0.611. The third-order valence-corrected chi connectivity index (χ3v) is 6.65. The van der Waals surface area contributed by atoms with Crippen LogP contribution < -0.4 is 10.1 Å². The number of hydrogen-bond acceptors (Lipinski definition) is 4. The van der Waals surface area contributed by atoms with E-state index in [1.807, 2.05) is 26.8 Å². The predicted octanol–water partition coefficient (Wildman–Crippen LogP) is 4.38. The molecule has 2 aliphatic carbocycles. The van der Waals surface area contributed by atoms with Gasteiger partial charge in [-0.2, -0.15) is 0 Å². The van der Waals surface area contributed by atoms with Gasteiger partial charge in [0.05, 0.1) is 5.41 Å². The zero-order chi connectivity index (χ0) is 18.4. The number of carbonyl (C=O) groups is 1. The van der Waals surface area contributed by atoms with Crippen LogP contribution in [0.15, 0.2) is 18.2 Å². The Morgan fingerprint density at radius 3 is 2.85 bits per heavy atom. The molecule has 2 fully saturated rings. The van der Waals surface area contributed by atoms with Gasteiger partial charge in [0, 0.05) is 11.5 Å². The molecular formula is C22H32ClNO3. The number of esters is 1. The highest BCUT2D eigenvalue weighted by Crippen LogP contribution is 2.54. The van der Waals surface area contributed by atoms with Crippen LogP contribution in [-0.2, 0) is 21.4 Å². The summed E-state index contributed by atoms with van der Waals surface area (Å²) in [7, 11) is 0. The van der Waals surface area contributed by atoms with E-state index in [0.717, 1.165) is 24.6 Å². The molecule has 27 heavy (non-hydrogen) atoms. The molecule has 1 saturated heterocycles. The van der Waals surface area contributed by atoms with Crippen LogP contribution in [0.1, 0.15) is 64.0 Å². The minimum absolute atomic E-state index is 0. The number of hydrogen-bond donors (Lipinski definition) is 1. The van der Waals surface area contributed by atoms with Crippen molar-refractivity contribution in [2.45, 2.75) is 70.8 Å². The smallest absolute Gasteiger partial charge is 0.314 e. The van der Waals surface area contributed by atoms with Crippen LogP contribution in [0, 0.1) is 11.3 Å². The van der Waals surface area contributed by atoms with E-state index >= 15 is 0 Å². The third-order valence-electron chi connectivity index (χ3n) is 6.65. The van der Waals surface area contributed by atoms with E-state index in [1.165, 1.54) is 43.2 Å². The summed E-state index contributed by atoms with van der Waals surface area (Å²) >= 11 is 0. The molecule has 1 heterocycles. The van der Waals surface area contributed by atoms with Crippen LogP contribution in [0.4, 0.5) is 0 Å². The summed E-state index contributed by atoms with van der Waals surface area (Å²) in [6, 6.07) is 7.12. The van der Waals surface area contributed by atoms with Crippen LogP contribution >= 0.6 is 12.4 Å². The third kappa shape index (κ3) is 3.71. The van der Waals surface area contributed by atoms with Crippen molar-refractivity contribution in [1.82, 2.24) is 5.32 Å². The highest BCUT2D eigenvalue weighted by molar-refractivity contribution is 5.85. The normalized spacial score (nSPS) is 29.0. The van der Waals surface area contributed by atoms with Crippen molar-refractivity contribution >= 4 is 18.4 Å². The molecule has 0 unspecified atom stereocenters. The van der Waals surface area contributed by atoms with Crippen molar-refractivity contribution in [3.8, 4) is 5.75 Å². The molecular weight excluding hydrogens is 362 g/mol. The van der Waals surface area contributed by atoms with E-state index in [0.29, 0.717) is 11.5 Å². The second-order valence-corrected chi connectivity index (χ2v) is 9.29. The molecule has 1 aliphatic heterocycles. The fourth-order valence-corrected chi connectivity index (χ4v) is 5.36. The first-order chi connectivity index (χ1) is 12.4. The van der Waals surface area contributed by atoms with Crippen LogP contribution in [0.5, 0.6) is 5.75 Å². The largest absolute Gasteiger partial charge is 0.457 e. The Morgan fingerprint density at radius 2 is 2.07 bits per heavy atom. The van der Waals surface area contributed by atoms with Crippen LogP contribution in [0.25, 0.3) is 0 Å². The lowest BCUT2D eigenvalue weighted by molar-refractivity contribution is -0.159. The molecule has 1 aromatic rings. The lowest BCUT2D eigenvalue weighted by atomic mass is 9.53. The molecule has 0 spiro atoms. The van der Waals surface area contributed by atoms with Crippen molar-refractivity contribution in [2.75, 3.05) is 13.3 Å². The van der Waals surface area contributed by atoms with Gasteiger partial charge in [-0.15, -0.1) is 12.4 Å². The summed E-state index contributed by atoms with van der Waals surface area (Å²) in [6.45, 7) is 6.66. The standard InChI is InChI=1S/C22H31NO3.ClH/c1-21(2,3)20(24)26-14-25-16-8-7-15-12-19-17-6-4-5-9-22(17,10-11-23-19)18(15)13-16;/h7-8,13,17,19,23H,4-6,9-12,14H2,1-3H3;1H/t17-,19-,22+;/m1./s1. The number of piperidine rings is 1. The monoisotopic (exact) mass is 393 g/mol. The van der Waals surface area contributed by atoms with Gasteiger partial charge in [-0.25, -0.2) is 0 Å². The Morgan fingerprint density at radius 1 is 1.26 bits per heavy atom. The fourth-order valence-electron chi connectivity index (χ4n) is 5.36. The van der Waals surface area contributed by atoms with Gasteiger partial charge in [0.25, 0.3) is 0 Å². The molecule has 0 amide bonds. The van der Waals surface area contributed by atoms with Gasteiger partial charge in [-0.3, -0.25) is 4.79 Å². The van der Waals surface area contributed by atoms with E-state index in [-0.39, 0.29) is 25.2 Å². The average Bonchev–Trinajstić information content (AvgIpc) is 2.61. The molecule has 0 radical (unpaired) electrons. The number of benzene rings is 1. The van der Waals surface area contributed by atoms with Gasteiger partial charge in [0.15, 0.2) is 0 Å². The maximum atomic E-state index is 11.9. The zero-order valence-corrected chi connectivity index (χ0v) is 17.5. The van der Waals surface area contributed by atoms with Gasteiger partial charge >= 0.3 is 5.97 Å². The topological polar surface area (TPSA) is 47.6 Å².